The molecule has 3 N–H and O–H groups in total. The normalized spacial score (nSPS) is 43.9. The minimum absolute atomic E-state index is 0.251. The summed E-state index contributed by atoms with van der Waals surface area (Å²) in [5.74, 6) is 1.74. The van der Waals surface area contributed by atoms with E-state index in [2.05, 4.69) is 17.5 Å². The molecule has 3 aliphatic rings. The first kappa shape index (κ1) is 11.3. The van der Waals surface area contributed by atoms with Gasteiger partial charge in [0.1, 0.15) is 0 Å². The van der Waals surface area contributed by atoms with Crippen LogP contribution in [0, 0.1) is 17.8 Å². The van der Waals surface area contributed by atoms with Crippen LogP contribution in [-0.4, -0.2) is 18.0 Å². The lowest BCUT2D eigenvalue weighted by atomic mass is 9.89. The standard InChI is InChI=1S/C14H22N2O/c15-11-3-5-12(6-4-11)16-14(17)13-8-9-1-2-10(13)7-9/h1-2,9-13H,3-8,15H2,(H,16,17). The highest BCUT2D eigenvalue weighted by molar-refractivity contribution is 5.80. The molecule has 3 aliphatic carbocycles. The number of nitrogens with one attached hydrogen (secondary N) is 1. The molecule has 2 saturated carbocycles. The lowest BCUT2D eigenvalue weighted by Gasteiger charge is -2.28. The minimum Gasteiger partial charge on any atom is -0.353 e. The second kappa shape index (κ2) is 4.45. The van der Waals surface area contributed by atoms with E-state index in [1.54, 1.807) is 0 Å². The fourth-order valence-electron chi connectivity index (χ4n) is 3.65. The van der Waals surface area contributed by atoms with Crippen LogP contribution < -0.4 is 11.1 Å². The first-order valence-corrected chi connectivity index (χ1v) is 6.96. The van der Waals surface area contributed by atoms with Crippen molar-refractivity contribution in [3.8, 4) is 0 Å². The van der Waals surface area contributed by atoms with Crippen LogP contribution in [0.2, 0.25) is 0 Å². The van der Waals surface area contributed by atoms with E-state index < -0.39 is 0 Å². The fourth-order valence-corrected chi connectivity index (χ4v) is 3.65. The zero-order chi connectivity index (χ0) is 11.8. The maximum absolute atomic E-state index is 12.2. The summed E-state index contributed by atoms with van der Waals surface area (Å²) in [7, 11) is 0. The van der Waals surface area contributed by atoms with Crippen LogP contribution in [0.1, 0.15) is 38.5 Å². The number of hydrogen-bond acceptors (Lipinski definition) is 2. The lowest BCUT2D eigenvalue weighted by molar-refractivity contribution is -0.126. The second-order valence-corrected chi connectivity index (χ2v) is 6.01. The van der Waals surface area contributed by atoms with E-state index in [4.69, 9.17) is 5.73 Å². The fraction of sp³-hybridized carbons (Fsp3) is 0.786. The molecule has 3 heteroatoms. The highest BCUT2D eigenvalue weighted by Gasteiger charge is 2.40. The Balaban J connectivity index is 1.52. The van der Waals surface area contributed by atoms with E-state index in [-0.39, 0.29) is 5.92 Å². The van der Waals surface area contributed by atoms with Gasteiger partial charge in [-0.2, -0.15) is 0 Å². The highest BCUT2D eigenvalue weighted by Crippen LogP contribution is 2.43. The van der Waals surface area contributed by atoms with Gasteiger partial charge in [0, 0.05) is 18.0 Å². The summed E-state index contributed by atoms with van der Waals surface area (Å²) in [6.45, 7) is 0. The second-order valence-electron chi connectivity index (χ2n) is 6.01. The van der Waals surface area contributed by atoms with Crippen molar-refractivity contribution in [2.75, 3.05) is 0 Å². The van der Waals surface area contributed by atoms with Crippen molar-refractivity contribution in [1.29, 1.82) is 0 Å². The molecule has 94 valence electrons. The summed E-state index contributed by atoms with van der Waals surface area (Å²) < 4.78 is 0. The molecule has 0 saturated heterocycles. The predicted molar refractivity (Wildman–Crippen MR) is 67.2 cm³/mol. The van der Waals surface area contributed by atoms with E-state index in [9.17, 15) is 4.79 Å². The molecule has 3 atom stereocenters. The van der Waals surface area contributed by atoms with Crippen molar-refractivity contribution >= 4 is 5.91 Å². The molecule has 0 aromatic rings. The molecule has 3 nitrogen and oxygen atoms in total. The quantitative estimate of drug-likeness (QED) is 0.713. The Kier molecular flexibility index (Phi) is 2.95. The van der Waals surface area contributed by atoms with Gasteiger partial charge in [0.15, 0.2) is 0 Å². The number of hydrogen-bond donors (Lipinski definition) is 2. The topological polar surface area (TPSA) is 55.1 Å². The molecule has 0 radical (unpaired) electrons. The molecule has 0 spiro atoms. The molecular formula is C14H22N2O. The highest BCUT2D eigenvalue weighted by atomic mass is 16.2. The van der Waals surface area contributed by atoms with E-state index >= 15 is 0 Å². The van der Waals surface area contributed by atoms with E-state index in [0.717, 1.165) is 32.1 Å². The Morgan fingerprint density at radius 3 is 2.47 bits per heavy atom. The van der Waals surface area contributed by atoms with Gasteiger partial charge in [-0.05, 0) is 50.4 Å². The average molecular weight is 234 g/mol. The van der Waals surface area contributed by atoms with Crippen LogP contribution in [0.15, 0.2) is 12.2 Å². The Hall–Kier alpha value is -0.830. The smallest absolute Gasteiger partial charge is 0.223 e. The molecule has 2 fully saturated rings. The Morgan fingerprint density at radius 1 is 1.12 bits per heavy atom. The molecule has 0 aliphatic heterocycles. The zero-order valence-electron chi connectivity index (χ0n) is 10.3. The predicted octanol–water partition coefficient (Wildman–Crippen LogP) is 1.58. The number of nitrogens with two attached hydrogens (primary N) is 1. The van der Waals surface area contributed by atoms with Crippen LogP contribution >= 0.6 is 0 Å². The maximum Gasteiger partial charge on any atom is 0.223 e. The summed E-state index contributed by atoms with van der Waals surface area (Å²) in [6.07, 6.45) is 11.0. The van der Waals surface area contributed by atoms with Crippen molar-refractivity contribution < 1.29 is 4.79 Å². The van der Waals surface area contributed by atoms with Gasteiger partial charge in [0.05, 0.1) is 0 Å². The Morgan fingerprint density at radius 2 is 1.88 bits per heavy atom. The number of rotatable bonds is 2. The minimum atomic E-state index is 0.251. The monoisotopic (exact) mass is 234 g/mol. The Bertz CT molecular complexity index is 331. The summed E-state index contributed by atoms with van der Waals surface area (Å²) in [5.41, 5.74) is 5.88. The van der Waals surface area contributed by atoms with Crippen LogP contribution in [0.4, 0.5) is 0 Å². The molecule has 0 heterocycles. The molecule has 0 aromatic heterocycles. The third-order valence-electron chi connectivity index (χ3n) is 4.73. The number of amides is 1. The average Bonchev–Trinajstić information content (AvgIpc) is 2.94. The first-order valence-electron chi connectivity index (χ1n) is 6.96. The van der Waals surface area contributed by atoms with Crippen molar-refractivity contribution in [1.82, 2.24) is 5.32 Å². The van der Waals surface area contributed by atoms with Gasteiger partial charge < -0.3 is 11.1 Å². The van der Waals surface area contributed by atoms with Crippen LogP contribution in [0.5, 0.6) is 0 Å². The number of fused-ring (bicyclic) bond motifs is 2. The molecule has 1 amide bonds. The SMILES string of the molecule is NC1CCC(NC(=O)C2CC3C=CC2C3)CC1. The van der Waals surface area contributed by atoms with Crippen molar-refractivity contribution in [2.24, 2.45) is 23.5 Å². The largest absolute Gasteiger partial charge is 0.353 e. The maximum atomic E-state index is 12.2. The van der Waals surface area contributed by atoms with Crippen LogP contribution in [0.3, 0.4) is 0 Å². The number of carbonyl (C=O) groups excluding carboxylic acids is 1. The van der Waals surface area contributed by atoms with Gasteiger partial charge in [-0.25, -0.2) is 0 Å². The number of allylic oxidation sites excluding steroid dienone is 2. The van der Waals surface area contributed by atoms with Crippen LogP contribution in [-0.2, 0) is 4.79 Å². The van der Waals surface area contributed by atoms with Crippen molar-refractivity contribution in [3.05, 3.63) is 12.2 Å². The van der Waals surface area contributed by atoms with Gasteiger partial charge in [-0.3, -0.25) is 4.79 Å². The third kappa shape index (κ3) is 2.25. The lowest BCUT2D eigenvalue weighted by Crippen LogP contribution is -2.43. The summed E-state index contributed by atoms with van der Waals surface area (Å²) in [6, 6.07) is 0.735. The molecule has 3 rings (SSSR count). The van der Waals surface area contributed by atoms with Crippen molar-refractivity contribution in [2.45, 2.75) is 50.6 Å². The molecular weight excluding hydrogens is 212 g/mol. The van der Waals surface area contributed by atoms with Crippen LogP contribution in [0.25, 0.3) is 0 Å². The molecule has 0 aromatic carbocycles. The van der Waals surface area contributed by atoms with E-state index in [1.807, 2.05) is 0 Å². The van der Waals surface area contributed by atoms with E-state index in [0.29, 0.717) is 29.8 Å². The van der Waals surface area contributed by atoms with Gasteiger partial charge in [0.25, 0.3) is 0 Å². The summed E-state index contributed by atoms with van der Waals surface area (Å²) >= 11 is 0. The zero-order valence-corrected chi connectivity index (χ0v) is 10.3. The van der Waals surface area contributed by atoms with Gasteiger partial charge in [-0.1, -0.05) is 12.2 Å². The van der Waals surface area contributed by atoms with Gasteiger partial charge >= 0.3 is 0 Å². The summed E-state index contributed by atoms with van der Waals surface area (Å²) in [4.78, 5) is 12.2. The van der Waals surface area contributed by atoms with Gasteiger partial charge in [-0.15, -0.1) is 0 Å². The molecule has 17 heavy (non-hydrogen) atoms. The third-order valence-corrected chi connectivity index (χ3v) is 4.73. The van der Waals surface area contributed by atoms with E-state index in [1.165, 1.54) is 6.42 Å². The molecule has 2 bridgehead atoms. The van der Waals surface area contributed by atoms with Crippen molar-refractivity contribution in [3.63, 3.8) is 0 Å². The molecule has 3 unspecified atom stereocenters. The first-order chi connectivity index (χ1) is 8.22. The number of carbonyl (C=O) groups is 1. The van der Waals surface area contributed by atoms with Gasteiger partial charge in [0.2, 0.25) is 5.91 Å². The Labute approximate surface area is 103 Å². The summed E-state index contributed by atoms with van der Waals surface area (Å²) in [5, 5.41) is 3.24.